The largest absolute Gasteiger partial charge is 0.460 e. The van der Waals surface area contributed by atoms with Gasteiger partial charge in [0.15, 0.2) is 0 Å². The minimum atomic E-state index is -0.362. The molecule has 1 aliphatic carbocycles. The fourth-order valence-corrected chi connectivity index (χ4v) is 2.93. The van der Waals surface area contributed by atoms with Crippen molar-refractivity contribution in [2.75, 3.05) is 0 Å². The van der Waals surface area contributed by atoms with Crippen molar-refractivity contribution in [3.63, 3.8) is 0 Å². The van der Waals surface area contributed by atoms with Crippen LogP contribution < -0.4 is 15.4 Å². The molecule has 0 spiro atoms. The van der Waals surface area contributed by atoms with Gasteiger partial charge in [-0.15, -0.1) is 0 Å². The van der Waals surface area contributed by atoms with Crippen molar-refractivity contribution in [3.8, 4) is 6.01 Å². The van der Waals surface area contributed by atoms with E-state index in [1.807, 2.05) is 0 Å². The molecule has 0 aromatic carbocycles. The Morgan fingerprint density at radius 3 is 2.55 bits per heavy atom. The quantitative estimate of drug-likeness (QED) is 0.848. The average molecular weight is 304 g/mol. The number of nitrogens with zero attached hydrogens (tertiary/aromatic N) is 2. The Morgan fingerprint density at radius 2 is 1.91 bits per heavy atom. The molecule has 1 saturated carbocycles. The molecule has 22 heavy (non-hydrogen) atoms. The highest BCUT2D eigenvalue weighted by atomic mass is 16.5. The zero-order valence-electron chi connectivity index (χ0n) is 12.3. The molecular weight excluding hydrogens is 284 g/mol. The molecule has 7 nitrogen and oxygen atoms in total. The number of ether oxygens (including phenoxy) is 1. The van der Waals surface area contributed by atoms with Gasteiger partial charge in [-0.3, -0.25) is 9.59 Å². The minimum absolute atomic E-state index is 0.0416. The van der Waals surface area contributed by atoms with Gasteiger partial charge in [-0.1, -0.05) is 0 Å². The second-order valence-electron chi connectivity index (χ2n) is 5.79. The first kappa shape index (κ1) is 14.7. The van der Waals surface area contributed by atoms with Crippen LogP contribution in [0.4, 0.5) is 0 Å². The third kappa shape index (κ3) is 3.72. The third-order valence-corrected chi connectivity index (χ3v) is 4.15. The molecule has 2 heterocycles. The van der Waals surface area contributed by atoms with E-state index in [1.54, 1.807) is 18.5 Å². The molecule has 0 radical (unpaired) electrons. The van der Waals surface area contributed by atoms with Crippen LogP contribution in [0.15, 0.2) is 18.5 Å². The van der Waals surface area contributed by atoms with Gasteiger partial charge in [0.25, 0.3) is 0 Å². The minimum Gasteiger partial charge on any atom is -0.460 e. The molecule has 2 fully saturated rings. The van der Waals surface area contributed by atoms with Gasteiger partial charge in [-0.25, -0.2) is 9.97 Å². The predicted molar refractivity (Wildman–Crippen MR) is 78.0 cm³/mol. The van der Waals surface area contributed by atoms with Gasteiger partial charge >= 0.3 is 6.01 Å². The van der Waals surface area contributed by atoms with Gasteiger partial charge in [0.05, 0.1) is 0 Å². The second kappa shape index (κ2) is 6.72. The van der Waals surface area contributed by atoms with E-state index in [0.717, 1.165) is 25.7 Å². The smallest absolute Gasteiger partial charge is 0.316 e. The van der Waals surface area contributed by atoms with Gasteiger partial charge in [0, 0.05) is 24.9 Å². The Labute approximate surface area is 128 Å². The highest BCUT2D eigenvalue weighted by molar-refractivity contribution is 5.90. The molecule has 7 heteroatoms. The fourth-order valence-electron chi connectivity index (χ4n) is 2.93. The third-order valence-electron chi connectivity index (χ3n) is 4.15. The monoisotopic (exact) mass is 304 g/mol. The van der Waals surface area contributed by atoms with Crippen LogP contribution in [0.3, 0.4) is 0 Å². The molecule has 3 rings (SSSR count). The average Bonchev–Trinajstić information content (AvgIpc) is 2.97. The summed E-state index contributed by atoms with van der Waals surface area (Å²) in [6.45, 7) is 0. The highest BCUT2D eigenvalue weighted by Crippen LogP contribution is 2.22. The van der Waals surface area contributed by atoms with Crippen molar-refractivity contribution in [3.05, 3.63) is 18.5 Å². The number of rotatable bonds is 4. The zero-order chi connectivity index (χ0) is 15.4. The molecule has 1 aromatic rings. The SMILES string of the molecule is O=C1CC[C@H](C(=O)NC2CCC(Oc3ncccn3)CC2)N1. The van der Waals surface area contributed by atoms with Gasteiger partial charge in [-0.05, 0) is 38.2 Å². The van der Waals surface area contributed by atoms with Crippen molar-refractivity contribution in [1.82, 2.24) is 20.6 Å². The van der Waals surface area contributed by atoms with E-state index in [1.165, 1.54) is 0 Å². The van der Waals surface area contributed by atoms with Crippen LogP contribution in [0.5, 0.6) is 6.01 Å². The van der Waals surface area contributed by atoms with Crippen LogP contribution in [0.1, 0.15) is 38.5 Å². The van der Waals surface area contributed by atoms with E-state index < -0.39 is 0 Å². The summed E-state index contributed by atoms with van der Waals surface area (Å²) >= 11 is 0. The van der Waals surface area contributed by atoms with Crippen LogP contribution in [0.2, 0.25) is 0 Å². The van der Waals surface area contributed by atoms with Gasteiger partial charge in [0.2, 0.25) is 11.8 Å². The maximum atomic E-state index is 12.1. The molecule has 1 atom stereocenters. The first-order chi connectivity index (χ1) is 10.7. The molecule has 1 aliphatic heterocycles. The van der Waals surface area contributed by atoms with E-state index in [0.29, 0.717) is 18.9 Å². The van der Waals surface area contributed by atoms with Crippen molar-refractivity contribution in [2.24, 2.45) is 0 Å². The lowest BCUT2D eigenvalue weighted by atomic mass is 9.92. The number of aromatic nitrogens is 2. The summed E-state index contributed by atoms with van der Waals surface area (Å²) < 4.78 is 5.73. The number of nitrogens with one attached hydrogen (secondary N) is 2. The van der Waals surface area contributed by atoms with E-state index >= 15 is 0 Å². The summed E-state index contributed by atoms with van der Waals surface area (Å²) in [5.74, 6) is -0.110. The molecule has 2 aliphatic rings. The summed E-state index contributed by atoms with van der Waals surface area (Å²) in [4.78, 5) is 31.3. The van der Waals surface area contributed by atoms with Gasteiger partial charge in [0.1, 0.15) is 12.1 Å². The Balaban J connectivity index is 1.42. The molecule has 0 bridgehead atoms. The van der Waals surface area contributed by atoms with E-state index in [-0.39, 0.29) is 30.0 Å². The normalized spacial score (nSPS) is 28.0. The Kier molecular flexibility index (Phi) is 4.50. The topological polar surface area (TPSA) is 93.2 Å². The lowest BCUT2D eigenvalue weighted by Crippen LogP contribution is -2.47. The van der Waals surface area contributed by atoms with Gasteiger partial charge in [-0.2, -0.15) is 0 Å². The van der Waals surface area contributed by atoms with Crippen LogP contribution in [0, 0.1) is 0 Å². The van der Waals surface area contributed by atoms with Crippen molar-refractivity contribution in [1.29, 1.82) is 0 Å². The maximum absolute atomic E-state index is 12.1. The van der Waals surface area contributed by atoms with Crippen LogP contribution in [0.25, 0.3) is 0 Å². The number of hydrogen-bond acceptors (Lipinski definition) is 5. The first-order valence-electron chi connectivity index (χ1n) is 7.74. The Bertz CT molecular complexity index is 529. The summed E-state index contributed by atoms with van der Waals surface area (Å²) in [5, 5.41) is 5.72. The Morgan fingerprint density at radius 1 is 1.18 bits per heavy atom. The number of amides is 2. The van der Waals surface area contributed by atoms with Crippen molar-refractivity contribution >= 4 is 11.8 Å². The second-order valence-corrected chi connectivity index (χ2v) is 5.79. The molecule has 2 amide bonds. The molecule has 1 aromatic heterocycles. The maximum Gasteiger partial charge on any atom is 0.316 e. The van der Waals surface area contributed by atoms with Crippen molar-refractivity contribution in [2.45, 2.75) is 56.7 Å². The number of carbonyl (C=O) groups is 2. The number of carbonyl (C=O) groups excluding carboxylic acids is 2. The van der Waals surface area contributed by atoms with Crippen LogP contribution in [-0.4, -0.2) is 40.0 Å². The lowest BCUT2D eigenvalue weighted by Gasteiger charge is -2.29. The van der Waals surface area contributed by atoms with E-state index in [2.05, 4.69) is 20.6 Å². The molecule has 0 unspecified atom stereocenters. The Hall–Kier alpha value is -2.18. The first-order valence-corrected chi connectivity index (χ1v) is 7.74. The highest BCUT2D eigenvalue weighted by Gasteiger charge is 2.30. The van der Waals surface area contributed by atoms with E-state index in [9.17, 15) is 9.59 Å². The summed E-state index contributed by atoms with van der Waals surface area (Å²) in [6.07, 6.45) is 7.90. The molecular formula is C15H20N4O3. The van der Waals surface area contributed by atoms with Crippen molar-refractivity contribution < 1.29 is 14.3 Å². The molecule has 2 N–H and O–H groups in total. The van der Waals surface area contributed by atoms with Gasteiger partial charge < -0.3 is 15.4 Å². The van der Waals surface area contributed by atoms with Crippen LogP contribution >= 0.6 is 0 Å². The fraction of sp³-hybridized carbons (Fsp3) is 0.600. The predicted octanol–water partition coefficient (Wildman–Crippen LogP) is 0.561. The summed E-state index contributed by atoms with van der Waals surface area (Å²) in [6, 6.07) is 1.95. The summed E-state index contributed by atoms with van der Waals surface area (Å²) in [5.41, 5.74) is 0. The van der Waals surface area contributed by atoms with E-state index in [4.69, 9.17) is 4.74 Å². The molecule has 1 saturated heterocycles. The zero-order valence-corrected chi connectivity index (χ0v) is 12.3. The van der Waals surface area contributed by atoms with Crippen LogP contribution in [-0.2, 0) is 9.59 Å². The lowest BCUT2D eigenvalue weighted by molar-refractivity contribution is -0.126. The number of hydrogen-bond donors (Lipinski definition) is 2. The standard InChI is InChI=1S/C15H20N4O3/c20-13-7-6-12(19-13)14(21)18-10-2-4-11(5-3-10)22-15-16-8-1-9-17-15/h1,8-12H,2-7H2,(H,18,21)(H,19,20)/t10?,11?,12-/m1/s1. The molecule has 118 valence electrons. The summed E-state index contributed by atoms with van der Waals surface area (Å²) in [7, 11) is 0.